The summed E-state index contributed by atoms with van der Waals surface area (Å²) in [6.45, 7) is 0. The summed E-state index contributed by atoms with van der Waals surface area (Å²) in [6, 6.07) is 3.64. The van der Waals surface area contributed by atoms with Gasteiger partial charge in [-0.2, -0.15) is 13.2 Å². The molecule has 26 heavy (non-hydrogen) atoms. The van der Waals surface area contributed by atoms with E-state index >= 15 is 0 Å². The predicted octanol–water partition coefficient (Wildman–Crippen LogP) is 2.88. The van der Waals surface area contributed by atoms with Crippen molar-refractivity contribution in [2.75, 3.05) is 5.73 Å². The lowest BCUT2D eigenvalue weighted by atomic mass is 10.2. The van der Waals surface area contributed by atoms with Crippen LogP contribution in [-0.4, -0.2) is 19.9 Å². The molecular formula is C14H8F5N5OS. The minimum Gasteiger partial charge on any atom is -0.382 e. The molecule has 0 saturated carbocycles. The smallest absolute Gasteiger partial charge is 0.382 e. The first-order valence-electron chi connectivity index (χ1n) is 6.87. The summed E-state index contributed by atoms with van der Waals surface area (Å²) in [7, 11) is 0. The molecule has 0 atom stereocenters. The molecule has 12 heteroatoms. The molecule has 2 heterocycles. The minimum atomic E-state index is -4.96. The van der Waals surface area contributed by atoms with Gasteiger partial charge < -0.3 is 10.7 Å². The van der Waals surface area contributed by atoms with E-state index in [2.05, 4.69) is 15.0 Å². The predicted molar refractivity (Wildman–Crippen MR) is 83.3 cm³/mol. The lowest BCUT2D eigenvalue weighted by Crippen LogP contribution is -2.24. The molecule has 0 aliphatic carbocycles. The van der Waals surface area contributed by atoms with E-state index in [1.807, 2.05) is 4.98 Å². The number of nitrogens with one attached hydrogen (secondary N) is 1. The summed E-state index contributed by atoms with van der Waals surface area (Å²) in [5.74, 6) is -2.50. The van der Waals surface area contributed by atoms with Gasteiger partial charge in [0.1, 0.15) is 5.52 Å². The maximum atomic E-state index is 13.6. The molecule has 0 unspecified atom stereocenters. The maximum absolute atomic E-state index is 13.6. The van der Waals surface area contributed by atoms with Gasteiger partial charge in [0.25, 0.3) is 5.56 Å². The number of alkyl halides is 3. The van der Waals surface area contributed by atoms with Crippen LogP contribution in [0, 0.1) is 11.6 Å². The van der Waals surface area contributed by atoms with E-state index in [4.69, 9.17) is 5.73 Å². The van der Waals surface area contributed by atoms with Crippen LogP contribution in [0.2, 0.25) is 0 Å². The fourth-order valence-corrected chi connectivity index (χ4v) is 2.86. The van der Waals surface area contributed by atoms with Crippen LogP contribution in [0.1, 0.15) is 11.3 Å². The Balaban J connectivity index is 1.96. The van der Waals surface area contributed by atoms with E-state index in [1.165, 1.54) is 12.1 Å². The molecule has 0 aliphatic heterocycles. The van der Waals surface area contributed by atoms with Crippen molar-refractivity contribution in [3.8, 4) is 0 Å². The van der Waals surface area contributed by atoms with Crippen molar-refractivity contribution in [2.45, 2.75) is 17.1 Å². The number of halogens is 5. The summed E-state index contributed by atoms with van der Waals surface area (Å²) < 4.78 is 65.0. The number of nitrogen functional groups attached to an aromatic ring is 1. The molecule has 2 aromatic heterocycles. The number of hydrogen-bond donors (Lipinski definition) is 2. The molecule has 6 nitrogen and oxygen atoms in total. The molecule has 136 valence electrons. The SMILES string of the molecule is Nc1nc(SCc2cccc(F)c2F)nc2[nH]c(=O)c(C(F)(F)F)nc12. The number of anilines is 1. The Bertz CT molecular complexity index is 1050. The van der Waals surface area contributed by atoms with Crippen molar-refractivity contribution in [1.82, 2.24) is 19.9 Å². The van der Waals surface area contributed by atoms with E-state index in [1.54, 1.807) is 0 Å². The first kappa shape index (κ1) is 18.0. The molecule has 3 rings (SSSR count). The number of H-pyrrole nitrogens is 1. The number of hydrogen-bond acceptors (Lipinski definition) is 6. The topological polar surface area (TPSA) is 97.5 Å². The lowest BCUT2D eigenvalue weighted by molar-refractivity contribution is -0.142. The van der Waals surface area contributed by atoms with Gasteiger partial charge in [0.15, 0.2) is 28.3 Å². The number of nitrogens with zero attached hydrogens (tertiary/aromatic N) is 3. The number of aromatic amines is 1. The third kappa shape index (κ3) is 3.45. The van der Waals surface area contributed by atoms with Gasteiger partial charge in [0.05, 0.1) is 0 Å². The summed E-state index contributed by atoms with van der Waals surface area (Å²) >= 11 is 0.860. The molecule has 1 aromatic carbocycles. The van der Waals surface area contributed by atoms with Gasteiger partial charge in [-0.15, -0.1) is 0 Å². The third-order valence-corrected chi connectivity index (χ3v) is 4.11. The summed E-state index contributed by atoms with van der Waals surface area (Å²) in [6.07, 6.45) is -4.96. The first-order chi connectivity index (χ1) is 12.2. The quantitative estimate of drug-likeness (QED) is 0.406. The highest BCUT2D eigenvalue weighted by Gasteiger charge is 2.36. The van der Waals surface area contributed by atoms with Crippen molar-refractivity contribution >= 4 is 28.7 Å². The van der Waals surface area contributed by atoms with Gasteiger partial charge >= 0.3 is 6.18 Å². The van der Waals surface area contributed by atoms with Gasteiger partial charge in [0.2, 0.25) is 5.69 Å². The van der Waals surface area contributed by atoms with Crippen molar-refractivity contribution in [1.29, 1.82) is 0 Å². The second-order valence-electron chi connectivity index (χ2n) is 5.00. The molecule has 0 bridgehead atoms. The van der Waals surface area contributed by atoms with Crippen LogP contribution in [0.5, 0.6) is 0 Å². The summed E-state index contributed by atoms with van der Waals surface area (Å²) in [4.78, 5) is 24.3. The number of thioether (sulfide) groups is 1. The molecule has 0 spiro atoms. The van der Waals surface area contributed by atoms with Crippen LogP contribution in [0.4, 0.5) is 27.8 Å². The Hall–Kier alpha value is -2.76. The molecule has 0 aliphatic rings. The summed E-state index contributed by atoms with van der Waals surface area (Å²) in [5.41, 5.74) is 1.78. The molecule has 3 aromatic rings. The maximum Gasteiger partial charge on any atom is 0.438 e. The average Bonchev–Trinajstić information content (AvgIpc) is 2.54. The third-order valence-electron chi connectivity index (χ3n) is 3.22. The zero-order valence-corrected chi connectivity index (χ0v) is 13.4. The van der Waals surface area contributed by atoms with Crippen LogP contribution in [-0.2, 0) is 11.9 Å². The number of fused-ring (bicyclic) bond motifs is 1. The standard InChI is InChI=1S/C14H8F5N5OS/c15-6-3-1-2-5(7(6)16)4-26-13-22-10(20)8-11(24-13)23-12(25)9(21-8)14(17,18)19/h1-3H,4H2,(H3,20,22,23,24,25). The monoisotopic (exact) mass is 389 g/mol. The van der Waals surface area contributed by atoms with E-state index in [-0.39, 0.29) is 27.9 Å². The van der Waals surface area contributed by atoms with E-state index in [0.717, 1.165) is 17.8 Å². The van der Waals surface area contributed by atoms with Crippen molar-refractivity contribution in [3.05, 3.63) is 51.4 Å². The van der Waals surface area contributed by atoms with Crippen molar-refractivity contribution in [3.63, 3.8) is 0 Å². The average molecular weight is 389 g/mol. The number of aromatic nitrogens is 4. The highest BCUT2D eigenvalue weighted by atomic mass is 32.2. The molecular weight excluding hydrogens is 381 g/mol. The van der Waals surface area contributed by atoms with Gasteiger partial charge in [-0.1, -0.05) is 23.9 Å². The fourth-order valence-electron chi connectivity index (χ4n) is 2.04. The number of nitrogens with two attached hydrogens (primary N) is 1. The largest absolute Gasteiger partial charge is 0.438 e. The molecule has 3 N–H and O–H groups in total. The van der Waals surface area contributed by atoms with Crippen LogP contribution in [0.25, 0.3) is 11.2 Å². The van der Waals surface area contributed by atoms with Crippen LogP contribution in [0.3, 0.4) is 0 Å². The number of benzene rings is 1. The highest BCUT2D eigenvalue weighted by Crippen LogP contribution is 2.28. The molecule has 0 radical (unpaired) electrons. The zero-order valence-electron chi connectivity index (χ0n) is 12.6. The minimum absolute atomic E-state index is 0.0382. The Morgan fingerprint density at radius 1 is 1.15 bits per heavy atom. The fraction of sp³-hybridized carbons (Fsp3) is 0.143. The Morgan fingerprint density at radius 3 is 2.58 bits per heavy atom. The Labute approximate surface area is 145 Å². The Morgan fingerprint density at radius 2 is 1.88 bits per heavy atom. The van der Waals surface area contributed by atoms with Crippen molar-refractivity contribution in [2.24, 2.45) is 0 Å². The second-order valence-corrected chi connectivity index (χ2v) is 5.95. The molecule has 0 fully saturated rings. The van der Waals surface area contributed by atoms with Crippen LogP contribution >= 0.6 is 11.8 Å². The van der Waals surface area contributed by atoms with Gasteiger partial charge in [-0.05, 0) is 6.07 Å². The Kier molecular flexibility index (Phi) is 4.52. The van der Waals surface area contributed by atoms with Gasteiger partial charge in [-0.25, -0.2) is 23.7 Å². The van der Waals surface area contributed by atoms with Crippen molar-refractivity contribution < 1.29 is 22.0 Å². The lowest BCUT2D eigenvalue weighted by Gasteiger charge is -2.08. The normalized spacial score (nSPS) is 11.9. The van der Waals surface area contributed by atoms with E-state index in [0.29, 0.717) is 0 Å². The van der Waals surface area contributed by atoms with Gasteiger partial charge in [-0.3, -0.25) is 4.79 Å². The summed E-state index contributed by atoms with van der Waals surface area (Å²) in [5, 5.41) is -0.0455. The van der Waals surface area contributed by atoms with Gasteiger partial charge in [0, 0.05) is 11.3 Å². The molecule has 0 saturated heterocycles. The second kappa shape index (κ2) is 6.52. The van der Waals surface area contributed by atoms with E-state index in [9.17, 15) is 26.7 Å². The highest BCUT2D eigenvalue weighted by molar-refractivity contribution is 7.98. The number of rotatable bonds is 3. The molecule has 0 amide bonds. The zero-order chi connectivity index (χ0) is 19.1. The first-order valence-corrected chi connectivity index (χ1v) is 7.86. The van der Waals surface area contributed by atoms with Crippen LogP contribution in [0.15, 0.2) is 28.2 Å². The van der Waals surface area contributed by atoms with E-state index < -0.39 is 34.6 Å². The van der Waals surface area contributed by atoms with Crippen LogP contribution < -0.4 is 11.3 Å².